The summed E-state index contributed by atoms with van der Waals surface area (Å²) >= 11 is 5.93. The average molecular weight is 1430 g/mol. The molecule has 0 aliphatic rings. The number of carbonyl (C=O) groups excluding carboxylic acids is 8. The fourth-order valence-electron chi connectivity index (χ4n) is 9.02. The predicted molar refractivity (Wildman–Crippen MR) is 385 cm³/mol. The van der Waals surface area contributed by atoms with Crippen molar-refractivity contribution in [2.24, 2.45) is 26.4 Å². The maximum atomic E-state index is 13.9. The Hall–Kier alpha value is -9.04. The lowest BCUT2D eigenvalue weighted by atomic mass is 9.99. The number of nitrogens with zero attached hydrogens (tertiary/aromatic N) is 6. The highest BCUT2D eigenvalue weighted by Gasteiger charge is 2.27. The summed E-state index contributed by atoms with van der Waals surface area (Å²) in [6.07, 6.45) is 1.29. The van der Waals surface area contributed by atoms with Crippen LogP contribution in [0.2, 0.25) is 5.15 Å². The molecule has 0 bridgehead atoms. The van der Waals surface area contributed by atoms with Gasteiger partial charge in [-0.1, -0.05) is 41.9 Å². The zero-order chi connectivity index (χ0) is 75.0. The molecule has 1 aromatic heterocycles. The van der Waals surface area contributed by atoms with Gasteiger partial charge in [-0.05, 0) is 205 Å². The number of nitrogens with two attached hydrogens (primary N) is 4. The van der Waals surface area contributed by atoms with Crippen LogP contribution in [0.15, 0.2) is 51.4 Å². The van der Waals surface area contributed by atoms with Crippen LogP contribution in [0.25, 0.3) is 10.8 Å². The van der Waals surface area contributed by atoms with Crippen molar-refractivity contribution in [3.05, 3.63) is 52.8 Å². The summed E-state index contributed by atoms with van der Waals surface area (Å²) in [5.74, 6) is -1.61. The van der Waals surface area contributed by atoms with Crippen molar-refractivity contribution in [3.63, 3.8) is 0 Å². The Morgan fingerprint density at radius 3 is 1.47 bits per heavy atom. The quantitative estimate of drug-likeness (QED) is 0.0128. The standard InChI is InChI=1S/C67H109ClN18O14/c1-63(2,3)96-58(90)78-46(30-20-23-35-77-57(84-61(93)99-66(10,11)12)85-62(94)100-67(13,14)15)53(88)74-37-25-39-86(38-24-36-73-52(87)45(69)29-19-22-34-76-56(82-59(91)97-64(4,5)6)83-60(92)98-65(7,8)9)40-41-95-47-32-31-42(43-27-16-17-28-44(43)47)26-18-21-33-75-55(72)81-54(89)48-50(70)80-51(71)49(68)79-48/h16-17,27-28,31-32,45-46H,18-26,29-30,33-41,69H2,1-15H3,(H,73,87)(H,74,88)(H,78,90)(H4,70,71,80)(H3,72,75,81,89)(H2,76,82,83,91,92)(H2,77,84,85,93,94)/t45-,46-/m1/s1. The Labute approximate surface area is 591 Å². The molecule has 3 rings (SSSR count). The van der Waals surface area contributed by atoms with Crippen LogP contribution in [-0.2, 0) is 39.7 Å². The number of unbranched alkanes of at least 4 members (excludes halogenated alkanes) is 3. The van der Waals surface area contributed by atoms with Crippen molar-refractivity contribution < 1.29 is 66.8 Å². The molecule has 33 heteroatoms. The molecule has 100 heavy (non-hydrogen) atoms. The summed E-state index contributed by atoms with van der Waals surface area (Å²) in [6.45, 7) is 28.4. The second-order valence-electron chi connectivity index (χ2n) is 28.3. The Kier molecular flexibility index (Phi) is 34.8. The second kappa shape index (κ2) is 40.9. The molecule has 0 unspecified atom stereocenters. The van der Waals surface area contributed by atoms with Gasteiger partial charge in [0, 0.05) is 44.7 Å². The van der Waals surface area contributed by atoms with Crippen molar-refractivity contribution in [2.45, 2.75) is 215 Å². The number of ether oxygens (including phenoxy) is 6. The van der Waals surface area contributed by atoms with E-state index in [1.165, 1.54) is 0 Å². The molecule has 0 aliphatic heterocycles. The van der Waals surface area contributed by atoms with Gasteiger partial charge in [-0.25, -0.2) is 33.9 Å². The van der Waals surface area contributed by atoms with Crippen LogP contribution in [0, 0.1) is 0 Å². The van der Waals surface area contributed by atoms with Gasteiger partial charge in [0.2, 0.25) is 23.7 Å². The number of anilines is 2. The van der Waals surface area contributed by atoms with E-state index in [0.29, 0.717) is 96.3 Å². The van der Waals surface area contributed by atoms with Crippen LogP contribution >= 0.6 is 11.6 Å². The minimum absolute atomic E-state index is 0.104. The Balaban J connectivity index is 1.72. The van der Waals surface area contributed by atoms with Gasteiger partial charge < -0.3 is 67.3 Å². The number of carbonyl (C=O) groups is 8. The van der Waals surface area contributed by atoms with Gasteiger partial charge >= 0.3 is 30.5 Å². The summed E-state index contributed by atoms with van der Waals surface area (Å²) in [5, 5.41) is 22.6. The maximum Gasteiger partial charge on any atom is 0.414 e. The van der Waals surface area contributed by atoms with E-state index in [4.69, 9.17) is 63.0 Å². The van der Waals surface area contributed by atoms with Crippen molar-refractivity contribution in [1.82, 2.24) is 57.4 Å². The van der Waals surface area contributed by atoms with Gasteiger partial charge in [-0.15, -0.1) is 0 Å². The van der Waals surface area contributed by atoms with Crippen molar-refractivity contribution >= 4 is 100 Å². The zero-order valence-electron chi connectivity index (χ0n) is 60.8. The zero-order valence-corrected chi connectivity index (χ0v) is 61.6. The molecule has 0 saturated heterocycles. The van der Waals surface area contributed by atoms with E-state index in [1.807, 2.05) is 36.4 Å². The minimum Gasteiger partial charge on any atom is -0.492 e. The fraction of sp³-hybridized carbons (Fsp3) is 0.627. The van der Waals surface area contributed by atoms with Crippen LogP contribution in [-0.4, -0.2) is 180 Å². The molecule has 2 aromatic carbocycles. The lowest BCUT2D eigenvalue weighted by molar-refractivity contribution is -0.123. The highest BCUT2D eigenvalue weighted by molar-refractivity contribution is 6.31. The summed E-state index contributed by atoms with van der Waals surface area (Å²) in [6, 6.07) is 10.1. The smallest absolute Gasteiger partial charge is 0.414 e. The number of aliphatic imine (C=N–C) groups is 3. The first-order valence-electron chi connectivity index (χ1n) is 33.5. The third kappa shape index (κ3) is 37.2. The maximum absolute atomic E-state index is 13.9. The largest absolute Gasteiger partial charge is 0.492 e. The molecular weight excluding hydrogens is 1320 g/mol. The highest BCUT2D eigenvalue weighted by atomic mass is 35.5. The van der Waals surface area contributed by atoms with Crippen molar-refractivity contribution in [3.8, 4) is 5.75 Å². The number of alkyl carbamates (subject to hydrolysis) is 5. The normalized spacial score (nSPS) is 12.6. The Morgan fingerprint density at radius 1 is 0.520 bits per heavy atom. The molecule has 1 heterocycles. The molecule has 3 aromatic rings. The van der Waals surface area contributed by atoms with Crippen LogP contribution in [0.1, 0.15) is 184 Å². The molecule has 0 aliphatic carbocycles. The number of benzene rings is 2. The molecule has 8 amide bonds. The molecular formula is C67H109ClN18O14. The van der Waals surface area contributed by atoms with E-state index in [2.05, 4.69) is 72.4 Å². The number of aromatic nitrogens is 2. The number of aryl methyl sites for hydroxylation is 1. The highest BCUT2D eigenvalue weighted by Crippen LogP contribution is 2.30. The number of halogens is 1. The number of fused-ring (bicyclic) bond motifs is 1. The number of amides is 8. The number of hydrogen-bond acceptors (Lipinski definition) is 23. The van der Waals surface area contributed by atoms with Gasteiger partial charge in [-0.2, -0.15) is 0 Å². The molecule has 16 N–H and O–H groups in total. The molecule has 32 nitrogen and oxygen atoms in total. The Bertz CT molecular complexity index is 3230. The van der Waals surface area contributed by atoms with Crippen molar-refractivity contribution in [2.75, 3.05) is 70.4 Å². The number of hydrogen-bond donors (Lipinski definition) is 12. The molecule has 0 spiro atoms. The second-order valence-corrected chi connectivity index (χ2v) is 28.7. The summed E-state index contributed by atoms with van der Waals surface area (Å²) < 4.78 is 33.3. The number of nitrogen functional groups attached to an aromatic ring is 2. The molecule has 0 radical (unpaired) electrons. The molecule has 0 saturated carbocycles. The number of guanidine groups is 3. The SMILES string of the molecule is CC(C)(C)OC(=O)NC(=NCCCC[C@@H](N)C(=O)NCCCN(CCCNC(=O)[C@@H](CCCCN=C(NC(=O)OC(C)(C)C)NC(=O)OC(C)(C)C)NC(=O)OC(C)(C)C)CCOc1ccc(CCCCN=C(N)NC(=O)c2nc(Cl)c(N)nc2N)c2ccccc12)NC(=O)OC(C)(C)C. The first-order valence-corrected chi connectivity index (χ1v) is 33.9. The lowest BCUT2D eigenvalue weighted by Gasteiger charge is -2.24. The minimum atomic E-state index is -0.999. The van der Waals surface area contributed by atoms with E-state index >= 15 is 0 Å². The van der Waals surface area contributed by atoms with Crippen LogP contribution in [0.5, 0.6) is 5.75 Å². The Morgan fingerprint density at radius 2 is 0.970 bits per heavy atom. The molecule has 558 valence electrons. The van der Waals surface area contributed by atoms with Gasteiger partial charge in [0.15, 0.2) is 28.4 Å². The number of nitrogens with one attached hydrogen (secondary N) is 8. The topological polar surface area (TPSA) is 458 Å². The van der Waals surface area contributed by atoms with Crippen LogP contribution in [0.3, 0.4) is 0 Å². The van der Waals surface area contributed by atoms with E-state index < -0.39 is 82.4 Å². The van der Waals surface area contributed by atoms with E-state index in [1.54, 1.807) is 104 Å². The first kappa shape index (κ1) is 85.2. The average Bonchev–Trinajstić information content (AvgIpc) is 0.809. The summed E-state index contributed by atoms with van der Waals surface area (Å²) in [7, 11) is 0. The van der Waals surface area contributed by atoms with E-state index in [-0.39, 0.29) is 78.9 Å². The lowest BCUT2D eigenvalue weighted by Crippen LogP contribution is -2.48. The van der Waals surface area contributed by atoms with E-state index in [0.717, 1.165) is 22.8 Å². The molecule has 0 fully saturated rings. The van der Waals surface area contributed by atoms with Gasteiger partial charge in [0.25, 0.3) is 5.91 Å². The van der Waals surface area contributed by atoms with Crippen LogP contribution in [0.4, 0.5) is 35.6 Å². The van der Waals surface area contributed by atoms with E-state index in [9.17, 15) is 38.4 Å². The monoisotopic (exact) mass is 1420 g/mol. The van der Waals surface area contributed by atoms with Gasteiger partial charge in [-0.3, -0.25) is 60.8 Å². The van der Waals surface area contributed by atoms with Gasteiger partial charge in [0.05, 0.1) is 6.04 Å². The third-order valence-electron chi connectivity index (χ3n) is 13.2. The first-order chi connectivity index (χ1) is 46.5. The summed E-state index contributed by atoms with van der Waals surface area (Å²) in [5.41, 5.74) is 20.5. The van der Waals surface area contributed by atoms with Crippen molar-refractivity contribution in [1.29, 1.82) is 0 Å². The summed E-state index contributed by atoms with van der Waals surface area (Å²) in [4.78, 5) is 126. The number of rotatable bonds is 31. The van der Waals surface area contributed by atoms with Gasteiger partial charge in [0.1, 0.15) is 46.4 Å². The molecule has 2 atom stereocenters. The third-order valence-corrected chi connectivity index (χ3v) is 13.5. The fourth-order valence-corrected chi connectivity index (χ4v) is 9.15. The van der Waals surface area contributed by atoms with Crippen LogP contribution < -0.4 is 70.2 Å². The predicted octanol–water partition coefficient (Wildman–Crippen LogP) is 7.58.